The van der Waals surface area contributed by atoms with Crippen molar-refractivity contribution in [1.82, 2.24) is 19.7 Å². The van der Waals surface area contributed by atoms with Crippen molar-refractivity contribution in [3.05, 3.63) is 41.5 Å². The van der Waals surface area contributed by atoms with Gasteiger partial charge in [-0.3, -0.25) is 0 Å². The molecule has 132 valence electrons. The minimum absolute atomic E-state index is 0.0316. The van der Waals surface area contributed by atoms with E-state index in [0.717, 1.165) is 55.3 Å². The molecule has 1 aromatic carbocycles. The number of aryl methyl sites for hydroxylation is 2. The molecule has 0 aliphatic carbocycles. The van der Waals surface area contributed by atoms with E-state index < -0.39 is 0 Å². The number of amides is 2. The van der Waals surface area contributed by atoms with Crippen molar-refractivity contribution in [3.63, 3.8) is 0 Å². The van der Waals surface area contributed by atoms with Crippen LogP contribution in [-0.4, -0.2) is 32.2 Å². The lowest BCUT2D eigenvalue weighted by Gasteiger charge is -2.25. The standard InChI is InChI=1S/C19H25N5O/c1-14-7-5-8-15(13-14)20-19(25)23-12-6-9-16(23)18-22-21-17-10-3-2-4-11-24(17)18/h5,7-8,13,16H,2-4,6,9-12H2,1H3,(H,20,25). The number of benzene rings is 1. The molecule has 4 rings (SSSR count). The summed E-state index contributed by atoms with van der Waals surface area (Å²) in [5.41, 5.74) is 1.98. The van der Waals surface area contributed by atoms with Gasteiger partial charge in [0.2, 0.25) is 0 Å². The molecule has 1 saturated heterocycles. The molecular formula is C19H25N5O. The highest BCUT2D eigenvalue weighted by Gasteiger charge is 2.34. The van der Waals surface area contributed by atoms with Gasteiger partial charge in [-0.1, -0.05) is 18.6 Å². The van der Waals surface area contributed by atoms with Crippen molar-refractivity contribution in [2.24, 2.45) is 0 Å². The van der Waals surface area contributed by atoms with Gasteiger partial charge in [-0.25, -0.2) is 4.79 Å². The third-order valence-corrected chi connectivity index (χ3v) is 5.22. The molecule has 1 N–H and O–H groups in total. The number of hydrogen-bond acceptors (Lipinski definition) is 3. The predicted octanol–water partition coefficient (Wildman–Crippen LogP) is 3.68. The van der Waals surface area contributed by atoms with E-state index in [1.807, 2.05) is 36.1 Å². The highest BCUT2D eigenvalue weighted by molar-refractivity contribution is 5.89. The fourth-order valence-corrected chi connectivity index (χ4v) is 3.95. The van der Waals surface area contributed by atoms with E-state index >= 15 is 0 Å². The average Bonchev–Trinajstić information content (AvgIpc) is 3.16. The summed E-state index contributed by atoms with van der Waals surface area (Å²) in [6, 6.07) is 7.90. The maximum absolute atomic E-state index is 12.8. The molecule has 1 atom stereocenters. The zero-order valence-corrected chi connectivity index (χ0v) is 14.7. The summed E-state index contributed by atoms with van der Waals surface area (Å²) in [5.74, 6) is 2.05. The Kier molecular flexibility index (Phi) is 4.42. The molecule has 0 spiro atoms. The lowest BCUT2D eigenvalue weighted by molar-refractivity contribution is 0.203. The maximum atomic E-state index is 12.8. The molecule has 2 aliphatic rings. The van der Waals surface area contributed by atoms with Crippen molar-refractivity contribution < 1.29 is 4.79 Å². The molecular weight excluding hydrogens is 314 g/mol. The van der Waals surface area contributed by atoms with E-state index in [4.69, 9.17) is 0 Å². The first kappa shape index (κ1) is 16.1. The van der Waals surface area contributed by atoms with E-state index in [-0.39, 0.29) is 12.1 Å². The van der Waals surface area contributed by atoms with Crippen LogP contribution in [-0.2, 0) is 13.0 Å². The predicted molar refractivity (Wildman–Crippen MR) is 96.5 cm³/mol. The van der Waals surface area contributed by atoms with E-state index in [1.165, 1.54) is 19.3 Å². The third-order valence-electron chi connectivity index (χ3n) is 5.22. The molecule has 0 bridgehead atoms. The highest BCUT2D eigenvalue weighted by atomic mass is 16.2. The minimum Gasteiger partial charge on any atom is -0.314 e. The number of carbonyl (C=O) groups is 1. The van der Waals surface area contributed by atoms with E-state index in [9.17, 15) is 4.79 Å². The summed E-state index contributed by atoms with van der Waals surface area (Å²) in [6.45, 7) is 3.77. The van der Waals surface area contributed by atoms with Gasteiger partial charge in [0.15, 0.2) is 5.82 Å². The Balaban J connectivity index is 1.54. The summed E-state index contributed by atoms with van der Waals surface area (Å²) in [6.07, 6.45) is 6.55. The fraction of sp³-hybridized carbons (Fsp3) is 0.526. The maximum Gasteiger partial charge on any atom is 0.322 e. The van der Waals surface area contributed by atoms with Gasteiger partial charge in [0, 0.05) is 25.2 Å². The molecule has 25 heavy (non-hydrogen) atoms. The minimum atomic E-state index is -0.0425. The van der Waals surface area contributed by atoms with Gasteiger partial charge in [-0.15, -0.1) is 10.2 Å². The van der Waals surface area contributed by atoms with Crippen molar-refractivity contribution >= 4 is 11.7 Å². The molecule has 1 fully saturated rings. The van der Waals surface area contributed by atoms with Crippen LogP contribution < -0.4 is 5.32 Å². The van der Waals surface area contributed by atoms with Crippen LogP contribution in [0.2, 0.25) is 0 Å². The SMILES string of the molecule is Cc1cccc(NC(=O)N2CCCC2c2nnc3n2CCCCC3)c1. The molecule has 3 heterocycles. The normalized spacial score (nSPS) is 20.2. The smallest absolute Gasteiger partial charge is 0.314 e. The number of fused-ring (bicyclic) bond motifs is 1. The Hall–Kier alpha value is -2.37. The first-order chi connectivity index (χ1) is 12.2. The third kappa shape index (κ3) is 3.25. The Morgan fingerprint density at radius 3 is 2.96 bits per heavy atom. The summed E-state index contributed by atoms with van der Waals surface area (Å²) in [7, 11) is 0. The quantitative estimate of drug-likeness (QED) is 0.908. The molecule has 1 unspecified atom stereocenters. The van der Waals surface area contributed by atoms with Gasteiger partial charge in [-0.2, -0.15) is 0 Å². The van der Waals surface area contributed by atoms with Crippen LogP contribution in [0.4, 0.5) is 10.5 Å². The van der Waals surface area contributed by atoms with Crippen molar-refractivity contribution in [3.8, 4) is 0 Å². The molecule has 2 aromatic rings. The van der Waals surface area contributed by atoms with Crippen LogP contribution in [0.1, 0.15) is 55.4 Å². The Morgan fingerprint density at radius 2 is 2.08 bits per heavy atom. The van der Waals surface area contributed by atoms with Gasteiger partial charge < -0.3 is 14.8 Å². The molecule has 1 aromatic heterocycles. The lowest BCUT2D eigenvalue weighted by atomic mass is 10.2. The monoisotopic (exact) mass is 339 g/mol. The Bertz CT molecular complexity index is 769. The van der Waals surface area contributed by atoms with Crippen molar-refractivity contribution in [2.75, 3.05) is 11.9 Å². The summed E-state index contributed by atoms with van der Waals surface area (Å²) in [4.78, 5) is 14.7. The van der Waals surface area contributed by atoms with Gasteiger partial charge in [0.05, 0.1) is 6.04 Å². The second-order valence-corrected chi connectivity index (χ2v) is 7.09. The number of nitrogens with zero attached hydrogens (tertiary/aromatic N) is 4. The van der Waals surface area contributed by atoms with Crippen molar-refractivity contribution in [1.29, 1.82) is 0 Å². The van der Waals surface area contributed by atoms with Crippen LogP contribution in [0.25, 0.3) is 0 Å². The second kappa shape index (κ2) is 6.86. The van der Waals surface area contributed by atoms with Crippen molar-refractivity contribution in [2.45, 2.75) is 58.0 Å². The molecule has 6 heteroatoms. The summed E-state index contributed by atoms with van der Waals surface area (Å²) in [5, 5.41) is 11.9. The summed E-state index contributed by atoms with van der Waals surface area (Å²) < 4.78 is 2.26. The fourth-order valence-electron chi connectivity index (χ4n) is 3.95. The van der Waals surface area contributed by atoms with E-state index in [0.29, 0.717) is 0 Å². The molecule has 0 radical (unpaired) electrons. The largest absolute Gasteiger partial charge is 0.322 e. The van der Waals surface area contributed by atoms with Gasteiger partial charge in [0.1, 0.15) is 5.82 Å². The van der Waals surface area contributed by atoms with Crippen LogP contribution in [0, 0.1) is 6.92 Å². The number of aromatic nitrogens is 3. The molecule has 0 saturated carbocycles. The number of likely N-dealkylation sites (tertiary alicyclic amines) is 1. The van der Waals surface area contributed by atoms with Crippen LogP contribution >= 0.6 is 0 Å². The zero-order valence-electron chi connectivity index (χ0n) is 14.7. The molecule has 6 nitrogen and oxygen atoms in total. The van der Waals surface area contributed by atoms with Gasteiger partial charge in [0.25, 0.3) is 0 Å². The molecule has 2 amide bonds. The first-order valence-electron chi connectivity index (χ1n) is 9.28. The molecule has 2 aliphatic heterocycles. The number of hydrogen-bond donors (Lipinski definition) is 1. The average molecular weight is 339 g/mol. The number of nitrogens with one attached hydrogen (secondary N) is 1. The topological polar surface area (TPSA) is 63.1 Å². The Labute approximate surface area is 148 Å². The summed E-state index contributed by atoms with van der Waals surface area (Å²) >= 11 is 0. The van der Waals surface area contributed by atoms with Crippen LogP contribution in [0.3, 0.4) is 0 Å². The zero-order chi connectivity index (χ0) is 17.2. The number of carbonyl (C=O) groups excluding carboxylic acids is 1. The van der Waals surface area contributed by atoms with E-state index in [2.05, 4.69) is 20.1 Å². The van der Waals surface area contributed by atoms with E-state index in [1.54, 1.807) is 0 Å². The van der Waals surface area contributed by atoms with Crippen LogP contribution in [0.15, 0.2) is 24.3 Å². The second-order valence-electron chi connectivity index (χ2n) is 7.09. The Morgan fingerprint density at radius 1 is 1.16 bits per heavy atom. The lowest BCUT2D eigenvalue weighted by Crippen LogP contribution is -2.35. The highest BCUT2D eigenvalue weighted by Crippen LogP contribution is 2.32. The van der Waals surface area contributed by atoms with Crippen LogP contribution in [0.5, 0.6) is 0 Å². The number of rotatable bonds is 2. The van der Waals surface area contributed by atoms with Gasteiger partial charge >= 0.3 is 6.03 Å². The number of anilines is 1. The first-order valence-corrected chi connectivity index (χ1v) is 9.28. The van der Waals surface area contributed by atoms with Gasteiger partial charge in [-0.05, 0) is 50.3 Å². The number of urea groups is 1.